The number of nitrogens with zero attached hydrogens (tertiary/aromatic N) is 2. The van der Waals surface area contributed by atoms with Crippen LogP contribution in [0, 0.1) is 18.3 Å². The van der Waals surface area contributed by atoms with E-state index in [-0.39, 0.29) is 26.7 Å². The van der Waals surface area contributed by atoms with E-state index in [1.54, 1.807) is 6.07 Å². The highest BCUT2D eigenvalue weighted by Crippen LogP contribution is 2.33. The maximum atomic E-state index is 12.4. The van der Waals surface area contributed by atoms with Gasteiger partial charge in [0.15, 0.2) is 0 Å². The fourth-order valence-electron chi connectivity index (χ4n) is 1.76. The molecule has 0 aromatic heterocycles. The molecule has 0 aliphatic carbocycles. The van der Waals surface area contributed by atoms with Gasteiger partial charge in [0.1, 0.15) is 19.2 Å². The van der Waals surface area contributed by atoms with Gasteiger partial charge in [-0.1, -0.05) is 11.6 Å². The molecule has 1 aromatic carbocycles. The lowest BCUT2D eigenvalue weighted by molar-refractivity contribution is -0.137. The van der Waals surface area contributed by atoms with Gasteiger partial charge in [0.2, 0.25) is 0 Å². The first kappa shape index (κ1) is 17.4. The summed E-state index contributed by atoms with van der Waals surface area (Å²) in [5.74, 6) is 0. The van der Waals surface area contributed by atoms with E-state index in [4.69, 9.17) is 16.9 Å². The van der Waals surface area contributed by atoms with Crippen LogP contribution >= 0.6 is 11.6 Å². The maximum absolute atomic E-state index is 12.4. The standard InChI is InChI=1S/C12H9ClF6N2/c1-7-9(3-2-8(4-20)10(7)13)21(5-11(14,15)16)6-12(17,18)19/h2-3H,5-6H2,1H3. The second-order valence-electron chi connectivity index (χ2n) is 4.27. The summed E-state index contributed by atoms with van der Waals surface area (Å²) in [7, 11) is 0. The largest absolute Gasteiger partial charge is 0.405 e. The quantitative estimate of drug-likeness (QED) is 0.766. The lowest BCUT2D eigenvalue weighted by Crippen LogP contribution is -2.41. The fraction of sp³-hybridized carbons (Fsp3) is 0.417. The molecule has 0 saturated carbocycles. The third-order valence-electron chi connectivity index (χ3n) is 2.56. The third kappa shape index (κ3) is 5.01. The Morgan fingerprint density at radius 1 is 1.10 bits per heavy atom. The maximum Gasteiger partial charge on any atom is 0.405 e. The number of halogens is 7. The Morgan fingerprint density at radius 3 is 1.95 bits per heavy atom. The number of anilines is 1. The number of rotatable bonds is 3. The number of hydrogen-bond donors (Lipinski definition) is 0. The zero-order valence-corrected chi connectivity index (χ0v) is 11.4. The van der Waals surface area contributed by atoms with Gasteiger partial charge in [-0.2, -0.15) is 31.6 Å². The minimum Gasteiger partial charge on any atom is -0.353 e. The average Bonchev–Trinajstić information content (AvgIpc) is 2.28. The summed E-state index contributed by atoms with van der Waals surface area (Å²) in [6, 6.07) is 3.82. The Kier molecular flexibility index (Phi) is 4.99. The lowest BCUT2D eigenvalue weighted by Gasteiger charge is -2.28. The molecule has 0 radical (unpaired) electrons. The second-order valence-corrected chi connectivity index (χ2v) is 4.65. The van der Waals surface area contributed by atoms with Crippen molar-refractivity contribution in [3.63, 3.8) is 0 Å². The summed E-state index contributed by atoms with van der Waals surface area (Å²) < 4.78 is 74.7. The van der Waals surface area contributed by atoms with E-state index in [2.05, 4.69) is 0 Å². The van der Waals surface area contributed by atoms with Crippen molar-refractivity contribution in [1.29, 1.82) is 5.26 Å². The van der Waals surface area contributed by atoms with Crippen LogP contribution < -0.4 is 4.90 Å². The minimum atomic E-state index is -4.81. The predicted molar refractivity (Wildman–Crippen MR) is 65.2 cm³/mol. The molecule has 1 rings (SSSR count). The van der Waals surface area contributed by atoms with Gasteiger partial charge in [0.05, 0.1) is 10.6 Å². The Hall–Kier alpha value is -1.62. The summed E-state index contributed by atoms with van der Waals surface area (Å²) >= 11 is 5.77. The first-order chi connectivity index (χ1) is 9.44. The summed E-state index contributed by atoms with van der Waals surface area (Å²) in [6.07, 6.45) is -9.61. The summed E-state index contributed by atoms with van der Waals surface area (Å²) in [5, 5.41) is 8.57. The number of alkyl halides is 6. The van der Waals surface area contributed by atoms with Gasteiger partial charge >= 0.3 is 12.4 Å². The van der Waals surface area contributed by atoms with E-state index in [0.29, 0.717) is 0 Å². The van der Waals surface area contributed by atoms with Crippen molar-refractivity contribution in [2.75, 3.05) is 18.0 Å². The van der Waals surface area contributed by atoms with E-state index in [1.165, 1.54) is 6.92 Å². The molecule has 0 fully saturated rings. The molecule has 0 amide bonds. The van der Waals surface area contributed by atoms with Crippen molar-refractivity contribution in [3.8, 4) is 6.07 Å². The number of nitriles is 1. The molecule has 0 bridgehead atoms. The highest BCUT2D eigenvalue weighted by molar-refractivity contribution is 6.32. The van der Waals surface area contributed by atoms with Crippen LogP contribution in [0.5, 0.6) is 0 Å². The lowest BCUT2D eigenvalue weighted by atomic mass is 10.1. The van der Waals surface area contributed by atoms with Crippen molar-refractivity contribution in [2.45, 2.75) is 19.3 Å². The first-order valence-corrected chi connectivity index (χ1v) is 5.90. The summed E-state index contributed by atoms with van der Waals surface area (Å²) in [4.78, 5) is 0.141. The van der Waals surface area contributed by atoms with Gasteiger partial charge in [0.25, 0.3) is 0 Å². The Labute approximate surface area is 121 Å². The van der Waals surface area contributed by atoms with Crippen molar-refractivity contribution in [1.82, 2.24) is 0 Å². The fourth-order valence-corrected chi connectivity index (χ4v) is 1.96. The summed E-state index contributed by atoms with van der Waals surface area (Å²) in [5.41, 5.74) is -0.338. The smallest absolute Gasteiger partial charge is 0.353 e. The van der Waals surface area contributed by atoms with Crippen molar-refractivity contribution in [2.24, 2.45) is 0 Å². The van der Waals surface area contributed by atoms with Gasteiger partial charge in [0, 0.05) is 5.69 Å². The van der Waals surface area contributed by atoms with E-state index >= 15 is 0 Å². The van der Waals surface area contributed by atoms with Crippen LogP contribution in [0.4, 0.5) is 32.0 Å². The second kappa shape index (κ2) is 6.02. The molecule has 0 saturated heterocycles. The van der Waals surface area contributed by atoms with Gasteiger partial charge < -0.3 is 4.90 Å². The van der Waals surface area contributed by atoms with Crippen LogP contribution in [0.1, 0.15) is 11.1 Å². The van der Waals surface area contributed by atoms with Crippen LogP contribution in [-0.2, 0) is 0 Å². The van der Waals surface area contributed by atoms with Crippen molar-refractivity contribution < 1.29 is 26.3 Å². The van der Waals surface area contributed by atoms with Gasteiger partial charge in [-0.05, 0) is 24.6 Å². The monoisotopic (exact) mass is 330 g/mol. The molecular weight excluding hydrogens is 322 g/mol. The molecule has 0 unspecified atom stereocenters. The zero-order chi connectivity index (χ0) is 16.4. The Morgan fingerprint density at radius 2 is 1.57 bits per heavy atom. The molecular formula is C12H9ClF6N2. The molecule has 116 valence electrons. The normalized spacial score (nSPS) is 12.1. The van der Waals surface area contributed by atoms with Crippen LogP contribution in [0.15, 0.2) is 12.1 Å². The molecule has 0 N–H and O–H groups in total. The van der Waals surface area contributed by atoms with E-state index in [1.807, 2.05) is 0 Å². The van der Waals surface area contributed by atoms with Gasteiger partial charge in [-0.15, -0.1) is 0 Å². The molecule has 0 aliphatic rings. The molecule has 0 spiro atoms. The van der Waals surface area contributed by atoms with E-state index in [9.17, 15) is 26.3 Å². The van der Waals surface area contributed by atoms with Crippen LogP contribution in [0.2, 0.25) is 5.02 Å². The molecule has 0 atom stereocenters. The number of benzene rings is 1. The van der Waals surface area contributed by atoms with Crippen molar-refractivity contribution >= 4 is 17.3 Å². The Balaban J connectivity index is 3.27. The van der Waals surface area contributed by atoms with E-state index < -0.39 is 25.4 Å². The molecule has 0 heterocycles. The first-order valence-electron chi connectivity index (χ1n) is 5.52. The topological polar surface area (TPSA) is 27.0 Å². The van der Waals surface area contributed by atoms with E-state index in [0.717, 1.165) is 12.1 Å². The highest BCUT2D eigenvalue weighted by Gasteiger charge is 2.38. The van der Waals surface area contributed by atoms with Crippen LogP contribution in [-0.4, -0.2) is 25.4 Å². The van der Waals surface area contributed by atoms with Crippen LogP contribution in [0.3, 0.4) is 0 Å². The molecule has 1 aromatic rings. The highest BCUT2D eigenvalue weighted by atomic mass is 35.5. The molecule has 0 aliphatic heterocycles. The Bertz CT molecular complexity index is 543. The zero-order valence-electron chi connectivity index (χ0n) is 10.6. The predicted octanol–water partition coefficient (Wildman–Crippen LogP) is 4.45. The minimum absolute atomic E-state index is 0.00998. The average molecular weight is 331 g/mol. The third-order valence-corrected chi connectivity index (χ3v) is 3.05. The number of hydrogen-bond acceptors (Lipinski definition) is 2. The molecule has 2 nitrogen and oxygen atoms in total. The van der Waals surface area contributed by atoms with Gasteiger partial charge in [-0.25, -0.2) is 0 Å². The SMILES string of the molecule is Cc1c(N(CC(F)(F)F)CC(F)(F)F)ccc(C#N)c1Cl. The molecule has 21 heavy (non-hydrogen) atoms. The summed E-state index contributed by atoms with van der Waals surface area (Å²) in [6.45, 7) is -2.27. The van der Waals surface area contributed by atoms with Crippen molar-refractivity contribution in [3.05, 3.63) is 28.3 Å². The molecule has 9 heteroatoms. The van der Waals surface area contributed by atoms with Gasteiger partial charge in [-0.3, -0.25) is 0 Å². The van der Waals surface area contributed by atoms with Crippen LogP contribution in [0.25, 0.3) is 0 Å².